The molecule has 1 N–H and O–H groups in total. The zero-order chi connectivity index (χ0) is 12.8. The van der Waals surface area contributed by atoms with E-state index in [-0.39, 0.29) is 0 Å². The fraction of sp³-hybridized carbons (Fsp3) is 1.00. The Morgan fingerprint density at radius 3 is 2.17 bits per heavy atom. The standard InChI is InChI=1S/C16H32N2/c1-3-5-14-6-8-16(9-7-14)18-12-10-15(11-13-18)17-4-2/h14-17H,3-13H2,1-2H3. The summed E-state index contributed by atoms with van der Waals surface area (Å²) >= 11 is 0. The first kappa shape index (κ1) is 14.3. The van der Waals surface area contributed by atoms with Gasteiger partial charge in [-0.05, 0) is 64.1 Å². The molecule has 106 valence electrons. The lowest BCUT2D eigenvalue weighted by Gasteiger charge is -2.41. The summed E-state index contributed by atoms with van der Waals surface area (Å²) in [5.41, 5.74) is 0. The van der Waals surface area contributed by atoms with Crippen molar-refractivity contribution < 1.29 is 0 Å². The first-order chi connectivity index (χ1) is 8.83. The van der Waals surface area contributed by atoms with Gasteiger partial charge in [0.1, 0.15) is 0 Å². The molecule has 1 heterocycles. The van der Waals surface area contributed by atoms with Crippen molar-refractivity contribution in [3.8, 4) is 0 Å². The number of rotatable bonds is 5. The lowest BCUT2D eigenvalue weighted by Crippen LogP contribution is -2.47. The fourth-order valence-corrected chi connectivity index (χ4v) is 3.96. The normalized spacial score (nSPS) is 31.7. The van der Waals surface area contributed by atoms with Gasteiger partial charge < -0.3 is 10.2 Å². The second-order valence-electron chi connectivity index (χ2n) is 6.33. The molecule has 2 nitrogen and oxygen atoms in total. The third kappa shape index (κ3) is 3.96. The fourth-order valence-electron chi connectivity index (χ4n) is 3.96. The summed E-state index contributed by atoms with van der Waals surface area (Å²) in [6, 6.07) is 1.71. The molecule has 1 aliphatic heterocycles. The molecule has 2 aliphatic rings. The highest BCUT2D eigenvalue weighted by atomic mass is 15.2. The zero-order valence-corrected chi connectivity index (χ0v) is 12.5. The van der Waals surface area contributed by atoms with Gasteiger partial charge >= 0.3 is 0 Å². The van der Waals surface area contributed by atoms with E-state index in [0.717, 1.165) is 24.5 Å². The van der Waals surface area contributed by atoms with Crippen molar-refractivity contribution in [3.63, 3.8) is 0 Å². The van der Waals surface area contributed by atoms with Crippen molar-refractivity contribution in [2.75, 3.05) is 19.6 Å². The van der Waals surface area contributed by atoms with Crippen molar-refractivity contribution in [1.29, 1.82) is 0 Å². The number of nitrogens with one attached hydrogen (secondary N) is 1. The number of hydrogen-bond donors (Lipinski definition) is 1. The maximum absolute atomic E-state index is 3.61. The first-order valence-electron chi connectivity index (χ1n) is 8.30. The van der Waals surface area contributed by atoms with Gasteiger partial charge in [0.2, 0.25) is 0 Å². The van der Waals surface area contributed by atoms with E-state index in [2.05, 4.69) is 24.1 Å². The van der Waals surface area contributed by atoms with Gasteiger partial charge in [0, 0.05) is 12.1 Å². The van der Waals surface area contributed by atoms with Crippen molar-refractivity contribution in [2.24, 2.45) is 5.92 Å². The number of nitrogens with zero attached hydrogens (tertiary/aromatic N) is 1. The summed E-state index contributed by atoms with van der Waals surface area (Å²) in [5, 5.41) is 3.61. The molecule has 2 fully saturated rings. The Labute approximate surface area is 114 Å². The highest BCUT2D eigenvalue weighted by Gasteiger charge is 2.28. The summed E-state index contributed by atoms with van der Waals surface area (Å²) < 4.78 is 0. The molecule has 0 radical (unpaired) electrons. The van der Waals surface area contributed by atoms with Crippen LogP contribution in [0, 0.1) is 5.92 Å². The van der Waals surface area contributed by atoms with Crippen molar-refractivity contribution in [1.82, 2.24) is 10.2 Å². The molecule has 0 aromatic rings. The summed E-state index contributed by atoms with van der Waals surface area (Å²) in [5.74, 6) is 1.05. The van der Waals surface area contributed by atoms with Crippen LogP contribution < -0.4 is 5.32 Å². The molecule has 18 heavy (non-hydrogen) atoms. The second-order valence-corrected chi connectivity index (χ2v) is 6.33. The van der Waals surface area contributed by atoms with Crippen LogP contribution in [0.4, 0.5) is 0 Å². The predicted molar refractivity (Wildman–Crippen MR) is 78.9 cm³/mol. The van der Waals surface area contributed by atoms with E-state index in [4.69, 9.17) is 0 Å². The second kappa shape index (κ2) is 7.49. The molecule has 0 bridgehead atoms. The van der Waals surface area contributed by atoms with Crippen LogP contribution in [0.2, 0.25) is 0 Å². The van der Waals surface area contributed by atoms with Crippen LogP contribution in [0.1, 0.15) is 65.2 Å². The van der Waals surface area contributed by atoms with E-state index in [9.17, 15) is 0 Å². The largest absolute Gasteiger partial charge is 0.314 e. The average Bonchev–Trinajstić information content (AvgIpc) is 2.41. The SMILES string of the molecule is CCCC1CCC(N2CCC(NCC)CC2)CC1. The molecule has 1 saturated heterocycles. The lowest BCUT2D eigenvalue weighted by molar-refractivity contribution is 0.101. The molecule has 0 aromatic heterocycles. The van der Waals surface area contributed by atoms with Crippen LogP contribution in [-0.4, -0.2) is 36.6 Å². The van der Waals surface area contributed by atoms with Crippen LogP contribution in [-0.2, 0) is 0 Å². The molecular weight excluding hydrogens is 220 g/mol. The van der Waals surface area contributed by atoms with E-state index >= 15 is 0 Å². The van der Waals surface area contributed by atoms with E-state index in [1.807, 2.05) is 0 Å². The molecule has 0 spiro atoms. The third-order valence-electron chi connectivity index (χ3n) is 5.05. The zero-order valence-electron chi connectivity index (χ0n) is 12.5. The summed E-state index contributed by atoms with van der Waals surface area (Å²) in [6.45, 7) is 8.35. The molecule has 1 saturated carbocycles. The van der Waals surface area contributed by atoms with Crippen LogP contribution in [0.15, 0.2) is 0 Å². The molecule has 0 aromatic carbocycles. The molecule has 0 unspecified atom stereocenters. The molecule has 2 rings (SSSR count). The topological polar surface area (TPSA) is 15.3 Å². The van der Waals surface area contributed by atoms with E-state index < -0.39 is 0 Å². The number of hydrogen-bond acceptors (Lipinski definition) is 2. The number of piperidine rings is 1. The maximum Gasteiger partial charge on any atom is 0.00954 e. The van der Waals surface area contributed by atoms with Gasteiger partial charge in [-0.25, -0.2) is 0 Å². The Morgan fingerprint density at radius 1 is 0.944 bits per heavy atom. The highest BCUT2D eigenvalue weighted by molar-refractivity contribution is 4.84. The summed E-state index contributed by atoms with van der Waals surface area (Å²) in [4.78, 5) is 2.79. The van der Waals surface area contributed by atoms with Crippen LogP contribution in [0.25, 0.3) is 0 Å². The minimum atomic E-state index is 0.794. The van der Waals surface area contributed by atoms with Crippen molar-refractivity contribution in [2.45, 2.75) is 77.3 Å². The lowest BCUT2D eigenvalue weighted by atomic mass is 9.82. The first-order valence-corrected chi connectivity index (χ1v) is 8.30. The van der Waals surface area contributed by atoms with Crippen LogP contribution in [0.5, 0.6) is 0 Å². The third-order valence-corrected chi connectivity index (χ3v) is 5.05. The maximum atomic E-state index is 3.61. The molecule has 0 atom stereocenters. The molecule has 0 amide bonds. The van der Waals surface area contributed by atoms with E-state index in [1.54, 1.807) is 0 Å². The quantitative estimate of drug-likeness (QED) is 0.806. The van der Waals surface area contributed by atoms with Gasteiger partial charge in [-0.1, -0.05) is 26.7 Å². The average molecular weight is 252 g/mol. The number of likely N-dealkylation sites (tertiary alicyclic amines) is 1. The monoisotopic (exact) mass is 252 g/mol. The predicted octanol–water partition coefficient (Wildman–Crippen LogP) is 3.42. The Hall–Kier alpha value is -0.0800. The Balaban J connectivity index is 1.68. The van der Waals surface area contributed by atoms with Gasteiger partial charge in [-0.3, -0.25) is 0 Å². The van der Waals surface area contributed by atoms with Gasteiger partial charge in [0.25, 0.3) is 0 Å². The highest BCUT2D eigenvalue weighted by Crippen LogP contribution is 2.31. The Morgan fingerprint density at radius 2 is 1.61 bits per heavy atom. The molecule has 2 heteroatoms. The van der Waals surface area contributed by atoms with Gasteiger partial charge in [-0.2, -0.15) is 0 Å². The summed E-state index contributed by atoms with van der Waals surface area (Å²) in [6.07, 6.45) is 11.5. The van der Waals surface area contributed by atoms with Gasteiger partial charge in [0.05, 0.1) is 0 Å². The van der Waals surface area contributed by atoms with Crippen molar-refractivity contribution in [3.05, 3.63) is 0 Å². The van der Waals surface area contributed by atoms with E-state index in [1.165, 1.54) is 64.5 Å². The minimum Gasteiger partial charge on any atom is -0.314 e. The van der Waals surface area contributed by atoms with E-state index in [0.29, 0.717) is 0 Å². The van der Waals surface area contributed by atoms with Crippen molar-refractivity contribution >= 4 is 0 Å². The molecule has 1 aliphatic carbocycles. The Bertz CT molecular complexity index is 189. The van der Waals surface area contributed by atoms with Crippen LogP contribution >= 0.6 is 0 Å². The minimum absolute atomic E-state index is 0.794. The smallest absolute Gasteiger partial charge is 0.00954 e. The van der Waals surface area contributed by atoms with Gasteiger partial charge in [-0.15, -0.1) is 0 Å². The molecular formula is C16H32N2. The van der Waals surface area contributed by atoms with Gasteiger partial charge in [0.15, 0.2) is 0 Å². The van der Waals surface area contributed by atoms with Crippen LogP contribution in [0.3, 0.4) is 0 Å². The summed E-state index contributed by atoms with van der Waals surface area (Å²) in [7, 11) is 0. The Kier molecular flexibility index (Phi) is 5.97.